The third-order valence-electron chi connectivity index (χ3n) is 2.34. The van der Waals surface area contributed by atoms with Gasteiger partial charge in [0.1, 0.15) is 6.54 Å². The number of aromatic nitrogens is 2. The normalized spacial score (nSPS) is 12.1. The second-order valence-electron chi connectivity index (χ2n) is 5.25. The average Bonchev–Trinajstić information content (AvgIpc) is 2.75. The third kappa shape index (κ3) is 6.74. The molecule has 0 aromatic carbocycles. The standard InChI is InChI=1S/C12H23N5O.HI/c1-5-6-7-14-11(13)15-8-9-16-10(18-17-9)12(2,3)4;/h5-8H2,1-4H3,(H3,13,14,15);1H. The summed E-state index contributed by atoms with van der Waals surface area (Å²) in [6, 6.07) is 0. The summed E-state index contributed by atoms with van der Waals surface area (Å²) >= 11 is 0. The van der Waals surface area contributed by atoms with Crippen molar-refractivity contribution >= 4 is 29.9 Å². The van der Waals surface area contributed by atoms with Crippen LogP contribution in [0.5, 0.6) is 0 Å². The molecule has 0 atom stereocenters. The number of unbranched alkanes of at least 4 members (excludes halogenated alkanes) is 1. The molecular formula is C12H24IN5O. The second-order valence-corrected chi connectivity index (χ2v) is 5.25. The number of guanidine groups is 1. The Morgan fingerprint density at radius 2 is 2.11 bits per heavy atom. The van der Waals surface area contributed by atoms with Crippen molar-refractivity contribution < 1.29 is 4.52 Å². The molecule has 0 unspecified atom stereocenters. The number of nitrogens with zero attached hydrogens (tertiary/aromatic N) is 3. The summed E-state index contributed by atoms with van der Waals surface area (Å²) in [5.74, 6) is 1.59. The Kier molecular flexibility index (Phi) is 7.96. The Balaban J connectivity index is 0.00000324. The van der Waals surface area contributed by atoms with Crippen LogP contribution in [-0.2, 0) is 12.0 Å². The Morgan fingerprint density at radius 3 is 2.63 bits per heavy atom. The molecule has 3 N–H and O–H groups in total. The molecule has 1 heterocycles. The van der Waals surface area contributed by atoms with Gasteiger partial charge in [0, 0.05) is 12.0 Å². The van der Waals surface area contributed by atoms with Crippen molar-refractivity contribution in [3.05, 3.63) is 11.7 Å². The van der Waals surface area contributed by atoms with Gasteiger partial charge >= 0.3 is 0 Å². The maximum atomic E-state index is 5.71. The fourth-order valence-electron chi connectivity index (χ4n) is 1.23. The van der Waals surface area contributed by atoms with E-state index >= 15 is 0 Å². The average molecular weight is 381 g/mol. The zero-order chi connectivity index (χ0) is 13.6. The first kappa shape index (κ1) is 18.1. The maximum Gasteiger partial charge on any atom is 0.232 e. The lowest BCUT2D eigenvalue weighted by atomic mass is 9.97. The number of aliphatic imine (C=N–C) groups is 1. The summed E-state index contributed by atoms with van der Waals surface area (Å²) in [7, 11) is 0. The minimum absolute atomic E-state index is 0. The van der Waals surface area contributed by atoms with E-state index in [1.165, 1.54) is 0 Å². The van der Waals surface area contributed by atoms with Gasteiger partial charge in [-0.05, 0) is 6.42 Å². The Labute approximate surface area is 131 Å². The van der Waals surface area contributed by atoms with Gasteiger partial charge in [-0.3, -0.25) is 0 Å². The molecule has 1 aromatic rings. The van der Waals surface area contributed by atoms with Crippen LogP contribution < -0.4 is 11.1 Å². The smallest absolute Gasteiger partial charge is 0.232 e. The topological polar surface area (TPSA) is 89.3 Å². The van der Waals surface area contributed by atoms with E-state index in [0.29, 0.717) is 24.2 Å². The van der Waals surface area contributed by atoms with Gasteiger partial charge in [0.05, 0.1) is 0 Å². The predicted molar refractivity (Wildman–Crippen MR) is 86.7 cm³/mol. The molecule has 0 saturated carbocycles. The number of rotatable bonds is 5. The molecule has 0 aliphatic carbocycles. The molecule has 110 valence electrons. The molecule has 7 heteroatoms. The fourth-order valence-corrected chi connectivity index (χ4v) is 1.23. The highest BCUT2D eigenvalue weighted by molar-refractivity contribution is 14.0. The van der Waals surface area contributed by atoms with Crippen LogP contribution in [0.3, 0.4) is 0 Å². The number of nitrogens with one attached hydrogen (secondary N) is 1. The minimum atomic E-state index is -0.139. The Hall–Kier alpha value is -0.860. The molecule has 0 aliphatic heterocycles. The number of hydrogen-bond donors (Lipinski definition) is 2. The van der Waals surface area contributed by atoms with Gasteiger partial charge in [0.15, 0.2) is 11.8 Å². The first-order valence-corrected chi connectivity index (χ1v) is 6.30. The molecule has 0 saturated heterocycles. The van der Waals surface area contributed by atoms with E-state index in [1.807, 2.05) is 20.8 Å². The summed E-state index contributed by atoms with van der Waals surface area (Å²) in [6.45, 7) is 9.37. The van der Waals surface area contributed by atoms with Crippen molar-refractivity contribution in [3.63, 3.8) is 0 Å². The van der Waals surface area contributed by atoms with Crippen molar-refractivity contribution in [2.24, 2.45) is 10.7 Å². The quantitative estimate of drug-likeness (QED) is 0.353. The molecule has 6 nitrogen and oxygen atoms in total. The van der Waals surface area contributed by atoms with Gasteiger partial charge in [-0.15, -0.1) is 24.0 Å². The first-order chi connectivity index (χ1) is 8.43. The van der Waals surface area contributed by atoms with Crippen molar-refractivity contribution in [2.45, 2.75) is 52.5 Å². The van der Waals surface area contributed by atoms with Crippen molar-refractivity contribution in [1.82, 2.24) is 15.5 Å². The lowest BCUT2D eigenvalue weighted by Crippen LogP contribution is -2.32. The molecule has 1 aromatic heterocycles. The lowest BCUT2D eigenvalue weighted by molar-refractivity contribution is 0.318. The van der Waals surface area contributed by atoms with E-state index in [0.717, 1.165) is 19.4 Å². The molecule has 0 bridgehead atoms. The molecule has 1 rings (SSSR count). The highest BCUT2D eigenvalue weighted by Gasteiger charge is 2.21. The van der Waals surface area contributed by atoms with Gasteiger partial charge < -0.3 is 15.6 Å². The highest BCUT2D eigenvalue weighted by atomic mass is 127. The Morgan fingerprint density at radius 1 is 1.42 bits per heavy atom. The molecule has 0 spiro atoms. The first-order valence-electron chi connectivity index (χ1n) is 6.30. The van der Waals surface area contributed by atoms with E-state index in [-0.39, 0.29) is 29.4 Å². The van der Waals surface area contributed by atoms with Crippen molar-refractivity contribution in [2.75, 3.05) is 6.54 Å². The van der Waals surface area contributed by atoms with Crippen LogP contribution in [0.15, 0.2) is 9.52 Å². The van der Waals surface area contributed by atoms with Gasteiger partial charge in [-0.2, -0.15) is 4.98 Å². The Bertz CT molecular complexity index is 397. The SMILES string of the molecule is CCCCNC(N)=NCc1noc(C(C)(C)C)n1.I. The molecule has 0 aliphatic rings. The number of halogens is 1. The van der Waals surface area contributed by atoms with Gasteiger partial charge in [-0.1, -0.05) is 39.3 Å². The predicted octanol–water partition coefficient (Wildman–Crippen LogP) is 2.19. The van der Waals surface area contributed by atoms with Crippen molar-refractivity contribution in [1.29, 1.82) is 0 Å². The summed E-state index contributed by atoms with van der Waals surface area (Å²) in [4.78, 5) is 8.44. The van der Waals surface area contributed by atoms with E-state index in [1.54, 1.807) is 0 Å². The summed E-state index contributed by atoms with van der Waals surface area (Å²) in [5, 5.41) is 6.91. The highest BCUT2D eigenvalue weighted by Crippen LogP contribution is 2.19. The van der Waals surface area contributed by atoms with Crippen LogP contribution in [0.4, 0.5) is 0 Å². The van der Waals surface area contributed by atoms with Crippen LogP contribution in [0, 0.1) is 0 Å². The lowest BCUT2D eigenvalue weighted by Gasteiger charge is -2.10. The molecular weight excluding hydrogens is 357 g/mol. The van der Waals surface area contributed by atoms with Gasteiger partial charge in [0.25, 0.3) is 0 Å². The summed E-state index contributed by atoms with van der Waals surface area (Å²) in [6.07, 6.45) is 2.20. The van der Waals surface area contributed by atoms with Crippen LogP contribution >= 0.6 is 24.0 Å². The number of nitrogens with two attached hydrogens (primary N) is 1. The third-order valence-corrected chi connectivity index (χ3v) is 2.34. The van der Waals surface area contributed by atoms with Crippen LogP contribution in [-0.4, -0.2) is 22.6 Å². The zero-order valence-electron chi connectivity index (χ0n) is 12.1. The van der Waals surface area contributed by atoms with Gasteiger partial charge in [-0.25, -0.2) is 4.99 Å². The van der Waals surface area contributed by atoms with Crippen LogP contribution in [0.25, 0.3) is 0 Å². The maximum absolute atomic E-state index is 5.71. The summed E-state index contributed by atoms with van der Waals surface area (Å²) < 4.78 is 5.17. The minimum Gasteiger partial charge on any atom is -0.370 e. The van der Waals surface area contributed by atoms with E-state index in [4.69, 9.17) is 10.3 Å². The van der Waals surface area contributed by atoms with E-state index in [9.17, 15) is 0 Å². The fraction of sp³-hybridized carbons (Fsp3) is 0.750. The van der Waals surface area contributed by atoms with Gasteiger partial charge in [0.2, 0.25) is 5.89 Å². The van der Waals surface area contributed by atoms with Crippen LogP contribution in [0.2, 0.25) is 0 Å². The molecule has 0 radical (unpaired) electrons. The monoisotopic (exact) mass is 381 g/mol. The summed E-state index contributed by atoms with van der Waals surface area (Å²) in [5.41, 5.74) is 5.57. The zero-order valence-corrected chi connectivity index (χ0v) is 14.4. The molecule has 0 amide bonds. The van der Waals surface area contributed by atoms with E-state index in [2.05, 4.69) is 27.4 Å². The molecule has 0 fully saturated rings. The van der Waals surface area contributed by atoms with E-state index < -0.39 is 0 Å². The molecule has 19 heavy (non-hydrogen) atoms. The second kappa shape index (κ2) is 8.34. The van der Waals surface area contributed by atoms with Crippen molar-refractivity contribution in [3.8, 4) is 0 Å². The van der Waals surface area contributed by atoms with Crippen LogP contribution in [0.1, 0.15) is 52.3 Å². The largest absolute Gasteiger partial charge is 0.370 e. The number of hydrogen-bond acceptors (Lipinski definition) is 4.